The highest BCUT2D eigenvalue weighted by Gasteiger charge is 2.19. The average Bonchev–Trinajstić information content (AvgIpc) is 3.13. The lowest BCUT2D eigenvalue weighted by Gasteiger charge is -2.17. The van der Waals surface area contributed by atoms with Crippen molar-refractivity contribution in [1.82, 2.24) is 5.32 Å². The number of phenolic OH excluding ortho intramolecular Hbond substituents is 1. The van der Waals surface area contributed by atoms with Crippen LogP contribution in [0.2, 0.25) is 0 Å². The molecule has 7 nitrogen and oxygen atoms in total. The number of hydrogen-bond acceptors (Lipinski definition) is 7. The predicted molar refractivity (Wildman–Crippen MR) is 113 cm³/mol. The third-order valence-corrected chi connectivity index (χ3v) is 4.66. The maximum Gasteiger partial charge on any atom is 0.160 e. The van der Waals surface area contributed by atoms with Crippen molar-refractivity contribution < 1.29 is 19.7 Å². The first-order valence-corrected chi connectivity index (χ1v) is 9.18. The van der Waals surface area contributed by atoms with Gasteiger partial charge in [0.15, 0.2) is 11.5 Å². The van der Waals surface area contributed by atoms with Crippen molar-refractivity contribution in [3.8, 4) is 17.2 Å². The highest BCUT2D eigenvalue weighted by molar-refractivity contribution is 5.85. The Balaban J connectivity index is 0.00000280. The number of ether oxygens (including phenoxy) is 2. The largest absolute Gasteiger partial charge is 0.504 e. The summed E-state index contributed by atoms with van der Waals surface area (Å²) in [5.74, 6) is 1.08. The Labute approximate surface area is 171 Å². The Morgan fingerprint density at radius 2 is 1.86 bits per heavy atom. The van der Waals surface area contributed by atoms with Gasteiger partial charge < -0.3 is 36.5 Å². The highest BCUT2D eigenvalue weighted by Crippen LogP contribution is 2.38. The van der Waals surface area contributed by atoms with Crippen LogP contribution in [0.5, 0.6) is 17.2 Å². The van der Waals surface area contributed by atoms with Gasteiger partial charge in [-0.05, 0) is 48.6 Å². The normalized spacial score (nSPS) is 13.5. The van der Waals surface area contributed by atoms with Crippen LogP contribution < -0.4 is 26.3 Å². The Morgan fingerprint density at radius 3 is 2.64 bits per heavy atom. The van der Waals surface area contributed by atoms with E-state index in [-0.39, 0.29) is 24.8 Å². The second kappa shape index (κ2) is 10.3. The summed E-state index contributed by atoms with van der Waals surface area (Å²) in [5.41, 5.74) is 15.5. The van der Waals surface area contributed by atoms with Crippen LogP contribution in [0, 0.1) is 0 Å². The molecule has 0 aromatic heterocycles. The molecule has 0 spiro atoms. The molecule has 0 saturated carbocycles. The molecule has 0 bridgehead atoms. The average molecular weight is 410 g/mol. The van der Waals surface area contributed by atoms with E-state index < -0.39 is 6.10 Å². The summed E-state index contributed by atoms with van der Waals surface area (Å²) in [5, 5.41) is 22.8. The number of aliphatic hydroxyl groups is 1. The van der Waals surface area contributed by atoms with Gasteiger partial charge in [0, 0.05) is 13.1 Å². The molecule has 2 aromatic carbocycles. The fraction of sp³-hybridized carbons (Fsp3) is 0.400. The summed E-state index contributed by atoms with van der Waals surface area (Å²) in [7, 11) is 0. The quantitative estimate of drug-likeness (QED) is 0.316. The SMILES string of the molecule is Cl.Nc1c(OCC(O)CNCCOc2ccccc2O)cc2c(c1N)CCC2. The molecule has 3 rings (SSSR count). The van der Waals surface area contributed by atoms with Crippen molar-refractivity contribution in [3.05, 3.63) is 41.5 Å². The number of para-hydroxylation sites is 2. The Kier molecular flexibility index (Phi) is 8.04. The first-order valence-electron chi connectivity index (χ1n) is 9.18. The van der Waals surface area contributed by atoms with Gasteiger partial charge in [0.25, 0.3) is 0 Å². The molecule has 1 unspecified atom stereocenters. The minimum atomic E-state index is -0.691. The highest BCUT2D eigenvalue weighted by atomic mass is 35.5. The van der Waals surface area contributed by atoms with Crippen molar-refractivity contribution in [3.63, 3.8) is 0 Å². The van der Waals surface area contributed by atoms with E-state index in [1.165, 1.54) is 5.56 Å². The van der Waals surface area contributed by atoms with Gasteiger partial charge in [-0.3, -0.25) is 0 Å². The minimum Gasteiger partial charge on any atom is -0.504 e. The molecule has 28 heavy (non-hydrogen) atoms. The van der Waals surface area contributed by atoms with Crippen molar-refractivity contribution in [2.24, 2.45) is 0 Å². The molecule has 0 radical (unpaired) electrons. The number of nitrogens with two attached hydrogens (primary N) is 2. The zero-order valence-corrected chi connectivity index (χ0v) is 16.5. The van der Waals surface area contributed by atoms with E-state index in [1.54, 1.807) is 24.3 Å². The molecule has 1 atom stereocenters. The summed E-state index contributed by atoms with van der Waals surface area (Å²) in [6.07, 6.45) is 2.33. The first-order chi connectivity index (χ1) is 13.1. The second-order valence-electron chi connectivity index (χ2n) is 6.68. The smallest absolute Gasteiger partial charge is 0.160 e. The Bertz CT molecular complexity index is 788. The van der Waals surface area contributed by atoms with E-state index in [1.807, 2.05) is 6.07 Å². The maximum absolute atomic E-state index is 10.1. The zero-order valence-electron chi connectivity index (χ0n) is 15.7. The number of benzene rings is 2. The van der Waals surface area contributed by atoms with Gasteiger partial charge in [-0.25, -0.2) is 0 Å². The van der Waals surface area contributed by atoms with Gasteiger partial charge in [0.05, 0.1) is 11.4 Å². The van der Waals surface area contributed by atoms with Crippen LogP contribution in [0.15, 0.2) is 30.3 Å². The summed E-state index contributed by atoms with van der Waals surface area (Å²) in [6.45, 7) is 1.37. The second-order valence-corrected chi connectivity index (χ2v) is 6.68. The van der Waals surface area contributed by atoms with Crippen molar-refractivity contribution in [2.45, 2.75) is 25.4 Å². The number of fused-ring (bicyclic) bond motifs is 1. The molecule has 0 aliphatic heterocycles. The molecule has 1 aliphatic carbocycles. The van der Waals surface area contributed by atoms with Gasteiger partial charge in [0.2, 0.25) is 0 Å². The summed E-state index contributed by atoms with van der Waals surface area (Å²) in [4.78, 5) is 0. The number of nitrogen functional groups attached to an aromatic ring is 2. The van der Waals surface area contributed by atoms with Crippen LogP contribution in [-0.4, -0.2) is 42.6 Å². The van der Waals surface area contributed by atoms with Crippen LogP contribution in [0.3, 0.4) is 0 Å². The van der Waals surface area contributed by atoms with E-state index in [0.717, 1.165) is 24.8 Å². The van der Waals surface area contributed by atoms with Crippen molar-refractivity contribution in [1.29, 1.82) is 0 Å². The van der Waals surface area contributed by atoms with Gasteiger partial charge in [-0.15, -0.1) is 12.4 Å². The number of nitrogens with one attached hydrogen (secondary N) is 1. The van der Waals surface area contributed by atoms with Gasteiger partial charge >= 0.3 is 0 Å². The summed E-state index contributed by atoms with van der Waals surface area (Å²) in [6, 6.07) is 8.74. The first kappa shape index (κ1) is 21.9. The number of phenols is 1. The molecular formula is C20H28ClN3O4. The monoisotopic (exact) mass is 409 g/mol. The lowest BCUT2D eigenvalue weighted by molar-refractivity contribution is 0.106. The van der Waals surface area contributed by atoms with Crippen molar-refractivity contribution >= 4 is 23.8 Å². The Hall–Kier alpha value is -2.35. The zero-order chi connectivity index (χ0) is 19.2. The molecular weight excluding hydrogens is 382 g/mol. The molecule has 7 N–H and O–H groups in total. The third kappa shape index (κ3) is 5.34. The number of aromatic hydroxyl groups is 1. The molecule has 0 saturated heterocycles. The molecule has 1 aliphatic rings. The van der Waals surface area contributed by atoms with E-state index in [2.05, 4.69) is 5.32 Å². The molecule has 154 valence electrons. The third-order valence-electron chi connectivity index (χ3n) is 4.66. The van der Waals surface area contributed by atoms with Gasteiger partial charge in [-0.2, -0.15) is 0 Å². The number of hydrogen-bond donors (Lipinski definition) is 5. The van der Waals surface area contributed by atoms with E-state index >= 15 is 0 Å². The molecule has 0 fully saturated rings. The van der Waals surface area contributed by atoms with E-state index in [4.69, 9.17) is 20.9 Å². The van der Waals surface area contributed by atoms with E-state index in [0.29, 0.717) is 42.6 Å². The number of rotatable bonds is 9. The topological polar surface area (TPSA) is 123 Å². The molecule has 0 heterocycles. The number of halogens is 1. The standard InChI is InChI=1S/C20H27N3O4.ClH/c21-19-15-5-3-4-13(15)10-18(20(19)22)27-12-14(24)11-23-8-9-26-17-7-2-1-6-16(17)25;/h1-2,6-7,10,14,23-25H,3-5,8-9,11-12,21-22H2;1H. The van der Waals surface area contributed by atoms with Crippen molar-refractivity contribution in [2.75, 3.05) is 37.8 Å². The minimum absolute atomic E-state index is 0. The summed E-state index contributed by atoms with van der Waals surface area (Å²) >= 11 is 0. The van der Waals surface area contributed by atoms with E-state index in [9.17, 15) is 10.2 Å². The van der Waals surface area contributed by atoms with Crippen LogP contribution >= 0.6 is 12.4 Å². The lowest BCUT2D eigenvalue weighted by atomic mass is 10.1. The molecule has 8 heteroatoms. The van der Waals surface area contributed by atoms with Crippen LogP contribution in [0.25, 0.3) is 0 Å². The molecule has 0 amide bonds. The number of aliphatic hydroxyl groups excluding tert-OH is 1. The lowest BCUT2D eigenvalue weighted by Crippen LogP contribution is -2.33. The Morgan fingerprint density at radius 1 is 1.07 bits per heavy atom. The summed E-state index contributed by atoms with van der Waals surface area (Å²) < 4.78 is 11.2. The van der Waals surface area contributed by atoms with Gasteiger partial charge in [0.1, 0.15) is 25.1 Å². The van der Waals surface area contributed by atoms with Crippen LogP contribution in [0.4, 0.5) is 11.4 Å². The number of aryl methyl sites for hydroxylation is 1. The van der Waals surface area contributed by atoms with Crippen LogP contribution in [0.1, 0.15) is 17.5 Å². The van der Waals surface area contributed by atoms with Crippen LogP contribution in [-0.2, 0) is 12.8 Å². The fourth-order valence-electron chi connectivity index (χ4n) is 3.21. The molecule has 2 aromatic rings. The van der Waals surface area contributed by atoms with Gasteiger partial charge in [-0.1, -0.05) is 12.1 Å². The number of anilines is 2. The maximum atomic E-state index is 10.1. The predicted octanol–water partition coefficient (Wildman–Crippen LogP) is 1.88. The fourth-order valence-corrected chi connectivity index (χ4v) is 3.21.